The molecule has 0 saturated heterocycles. The summed E-state index contributed by atoms with van der Waals surface area (Å²) in [4.78, 5) is 40.8. The third-order valence-electron chi connectivity index (χ3n) is 7.27. The van der Waals surface area contributed by atoms with E-state index in [0.29, 0.717) is 30.9 Å². The van der Waals surface area contributed by atoms with Crippen molar-refractivity contribution >= 4 is 17.7 Å². The molecule has 0 radical (unpaired) electrons. The van der Waals surface area contributed by atoms with E-state index in [2.05, 4.69) is 10.6 Å². The van der Waals surface area contributed by atoms with Crippen molar-refractivity contribution in [3.8, 4) is 11.5 Å². The number of nitrogens with zero attached hydrogens (tertiary/aromatic N) is 1. The number of nitrogens with two attached hydrogens (primary N) is 1. The molecular weight excluding hydrogens is 579 g/mol. The van der Waals surface area contributed by atoms with Crippen LogP contribution in [0.3, 0.4) is 0 Å². The highest BCUT2D eigenvalue weighted by Gasteiger charge is 2.25. The number of ether oxygens (including phenoxy) is 2. The van der Waals surface area contributed by atoms with Crippen molar-refractivity contribution in [1.29, 1.82) is 0 Å². The van der Waals surface area contributed by atoms with Gasteiger partial charge in [0.2, 0.25) is 5.91 Å². The Bertz CT molecular complexity index is 1460. The molecule has 0 bridgehead atoms. The van der Waals surface area contributed by atoms with Gasteiger partial charge < -0.3 is 35.8 Å². The van der Waals surface area contributed by atoms with Crippen LogP contribution in [0.4, 0.5) is 4.39 Å². The van der Waals surface area contributed by atoms with Crippen LogP contribution >= 0.6 is 0 Å². The summed E-state index contributed by atoms with van der Waals surface area (Å²) in [6.07, 6.45) is 0.462. The second-order valence-corrected chi connectivity index (χ2v) is 10.8. The Kier molecular flexibility index (Phi) is 13.3. The van der Waals surface area contributed by atoms with Gasteiger partial charge in [-0.05, 0) is 72.9 Å². The number of hydrogen-bond donors (Lipinski definition) is 4. The van der Waals surface area contributed by atoms with E-state index >= 15 is 0 Å². The molecule has 0 saturated carbocycles. The Labute approximate surface area is 263 Å². The summed E-state index contributed by atoms with van der Waals surface area (Å²) in [5.74, 6) is -1.54. The Morgan fingerprint density at radius 3 is 2.22 bits per heavy atom. The zero-order valence-electron chi connectivity index (χ0n) is 26.3. The predicted octanol–water partition coefficient (Wildman–Crippen LogP) is 3.70. The van der Waals surface area contributed by atoms with Gasteiger partial charge in [0.15, 0.2) is 11.6 Å². The van der Waals surface area contributed by atoms with Crippen LogP contribution in [0.25, 0.3) is 0 Å². The first-order valence-electron chi connectivity index (χ1n) is 15.0. The molecule has 2 atom stereocenters. The number of carbonyl (C=O) groups excluding carboxylic acids is 3. The van der Waals surface area contributed by atoms with Crippen LogP contribution in [-0.4, -0.2) is 73.7 Å². The number of amides is 3. The van der Waals surface area contributed by atoms with E-state index in [9.17, 15) is 23.9 Å². The summed E-state index contributed by atoms with van der Waals surface area (Å²) in [5.41, 5.74) is 7.20. The Morgan fingerprint density at radius 1 is 0.911 bits per heavy atom. The molecule has 45 heavy (non-hydrogen) atoms. The third-order valence-corrected chi connectivity index (χ3v) is 7.27. The molecule has 0 heterocycles. The molecule has 0 aromatic heterocycles. The Balaban J connectivity index is 1.87. The number of aliphatic hydroxyl groups excluding tert-OH is 1. The van der Waals surface area contributed by atoms with Crippen molar-refractivity contribution < 1.29 is 33.4 Å². The molecule has 3 amide bonds. The van der Waals surface area contributed by atoms with Crippen LogP contribution in [0, 0.1) is 5.82 Å². The second kappa shape index (κ2) is 17.1. The minimum absolute atomic E-state index is 0.00762. The van der Waals surface area contributed by atoms with Crippen LogP contribution in [0.5, 0.6) is 11.5 Å². The van der Waals surface area contributed by atoms with Crippen molar-refractivity contribution in [2.45, 2.75) is 51.8 Å². The molecule has 3 aromatic rings. The highest BCUT2D eigenvalue weighted by molar-refractivity contribution is 6.04. The predicted molar refractivity (Wildman–Crippen MR) is 170 cm³/mol. The first kappa shape index (κ1) is 35.0. The SMILES string of the molecule is CCCN(CCC)C(=O)c1cc(C(N)=O)cc(C(=O)N[C@@H](Cc2ccc(OC)c(F)c2)[C@H](O)CNCc2cccc(OC)c2)c1. The largest absolute Gasteiger partial charge is 0.497 e. The van der Waals surface area contributed by atoms with Crippen molar-refractivity contribution in [3.05, 3.63) is 94.3 Å². The lowest BCUT2D eigenvalue weighted by atomic mass is 9.99. The summed E-state index contributed by atoms with van der Waals surface area (Å²) < 4.78 is 24.8. The molecule has 0 aliphatic heterocycles. The van der Waals surface area contributed by atoms with Gasteiger partial charge >= 0.3 is 0 Å². The van der Waals surface area contributed by atoms with E-state index in [4.69, 9.17) is 15.2 Å². The Morgan fingerprint density at radius 2 is 1.60 bits per heavy atom. The van der Waals surface area contributed by atoms with Gasteiger partial charge in [-0.1, -0.05) is 32.0 Å². The number of halogens is 1. The molecule has 0 spiro atoms. The number of methoxy groups -OCH3 is 2. The van der Waals surface area contributed by atoms with E-state index in [1.807, 2.05) is 38.1 Å². The normalized spacial score (nSPS) is 12.2. The number of benzene rings is 3. The van der Waals surface area contributed by atoms with Crippen molar-refractivity contribution in [1.82, 2.24) is 15.5 Å². The molecule has 0 unspecified atom stereocenters. The first-order valence-corrected chi connectivity index (χ1v) is 15.0. The first-order chi connectivity index (χ1) is 21.6. The maximum Gasteiger partial charge on any atom is 0.253 e. The minimum Gasteiger partial charge on any atom is -0.497 e. The van der Waals surface area contributed by atoms with Gasteiger partial charge in [-0.3, -0.25) is 14.4 Å². The van der Waals surface area contributed by atoms with Crippen LogP contribution in [0.1, 0.15) is 68.9 Å². The minimum atomic E-state index is -1.10. The second-order valence-electron chi connectivity index (χ2n) is 10.8. The number of hydrogen-bond acceptors (Lipinski definition) is 7. The van der Waals surface area contributed by atoms with Gasteiger partial charge in [0.1, 0.15) is 5.75 Å². The van der Waals surface area contributed by atoms with Gasteiger partial charge in [-0.2, -0.15) is 0 Å². The van der Waals surface area contributed by atoms with Gasteiger partial charge in [0.05, 0.1) is 26.4 Å². The maximum atomic E-state index is 14.5. The number of rotatable bonds is 17. The van der Waals surface area contributed by atoms with E-state index in [1.54, 1.807) is 18.1 Å². The van der Waals surface area contributed by atoms with E-state index in [-0.39, 0.29) is 41.3 Å². The van der Waals surface area contributed by atoms with Gasteiger partial charge in [0.25, 0.3) is 11.8 Å². The lowest BCUT2D eigenvalue weighted by molar-refractivity contribution is 0.0755. The standard InChI is InChI=1S/C34H43FN4O6/c1-5-12-39(13-6-2)34(43)26-18-24(32(36)41)17-25(19-26)33(42)38-29(16-22-10-11-31(45-4)28(35)15-22)30(40)21-37-20-23-8-7-9-27(14-23)44-3/h7-11,14-15,17-19,29-30,37,40H,5-6,12-13,16,20-21H2,1-4H3,(H2,36,41)(H,38,42)/t29-,30+/m0/s1. The number of aliphatic hydroxyl groups is 1. The summed E-state index contributed by atoms with van der Waals surface area (Å²) in [6.45, 7) is 5.47. The number of nitrogens with one attached hydrogen (secondary N) is 2. The molecule has 0 fully saturated rings. The molecule has 11 heteroatoms. The summed E-state index contributed by atoms with van der Waals surface area (Å²) in [6, 6.07) is 15.1. The number of carbonyl (C=O) groups is 3. The topological polar surface area (TPSA) is 143 Å². The molecule has 3 aromatic carbocycles. The van der Waals surface area contributed by atoms with E-state index in [1.165, 1.54) is 37.4 Å². The fourth-order valence-electron chi connectivity index (χ4n) is 4.98. The van der Waals surface area contributed by atoms with Gasteiger partial charge in [-0.25, -0.2) is 4.39 Å². The zero-order valence-corrected chi connectivity index (χ0v) is 26.3. The average Bonchev–Trinajstić information content (AvgIpc) is 3.03. The molecule has 5 N–H and O–H groups in total. The monoisotopic (exact) mass is 622 g/mol. The van der Waals surface area contributed by atoms with Crippen molar-refractivity contribution in [3.63, 3.8) is 0 Å². The summed E-state index contributed by atoms with van der Waals surface area (Å²) in [7, 11) is 2.94. The zero-order chi connectivity index (χ0) is 32.9. The Hall–Kier alpha value is -4.48. The molecular formula is C34H43FN4O6. The van der Waals surface area contributed by atoms with Crippen LogP contribution in [0.2, 0.25) is 0 Å². The summed E-state index contributed by atoms with van der Waals surface area (Å²) in [5, 5.41) is 17.2. The molecule has 0 aliphatic rings. The van der Waals surface area contributed by atoms with E-state index in [0.717, 1.165) is 18.4 Å². The maximum absolute atomic E-state index is 14.5. The molecule has 10 nitrogen and oxygen atoms in total. The van der Waals surface area contributed by atoms with Gasteiger partial charge in [-0.15, -0.1) is 0 Å². The van der Waals surface area contributed by atoms with Crippen molar-refractivity contribution in [2.75, 3.05) is 33.9 Å². The smallest absolute Gasteiger partial charge is 0.253 e. The highest BCUT2D eigenvalue weighted by atomic mass is 19.1. The average molecular weight is 623 g/mol. The third kappa shape index (κ3) is 10.0. The molecule has 242 valence electrons. The summed E-state index contributed by atoms with van der Waals surface area (Å²) >= 11 is 0. The molecule has 0 aliphatic carbocycles. The lowest BCUT2D eigenvalue weighted by Gasteiger charge is -2.25. The van der Waals surface area contributed by atoms with Crippen LogP contribution in [-0.2, 0) is 13.0 Å². The number of primary amides is 1. The molecule has 3 rings (SSSR count). The fourth-order valence-corrected chi connectivity index (χ4v) is 4.98. The highest BCUT2D eigenvalue weighted by Crippen LogP contribution is 2.20. The quantitative estimate of drug-likeness (QED) is 0.180. The fraction of sp³-hybridized carbons (Fsp3) is 0.382. The van der Waals surface area contributed by atoms with Crippen molar-refractivity contribution in [2.24, 2.45) is 5.73 Å². The van der Waals surface area contributed by atoms with Gasteiger partial charge in [0, 0.05) is 42.9 Å². The van der Waals surface area contributed by atoms with Crippen LogP contribution < -0.4 is 25.8 Å². The lowest BCUT2D eigenvalue weighted by Crippen LogP contribution is -2.48. The van der Waals surface area contributed by atoms with Crippen LogP contribution in [0.15, 0.2) is 60.7 Å². The van der Waals surface area contributed by atoms with E-state index < -0.39 is 29.8 Å².